The van der Waals surface area contributed by atoms with Gasteiger partial charge in [-0.25, -0.2) is 9.59 Å². The lowest BCUT2D eigenvalue weighted by molar-refractivity contribution is -0.147. The molecule has 120 valence electrons. The number of hydrogen-bond acceptors (Lipinski definition) is 5. The van der Waals surface area contributed by atoms with Crippen molar-refractivity contribution >= 4 is 22.8 Å². The lowest BCUT2D eigenvalue weighted by Crippen LogP contribution is -2.34. The predicted molar refractivity (Wildman–Crippen MR) is 82.9 cm³/mol. The van der Waals surface area contributed by atoms with Crippen molar-refractivity contribution in [3.05, 3.63) is 45.3 Å². The maximum atomic E-state index is 12.0. The number of carbonyl (C=O) groups is 2. The van der Waals surface area contributed by atoms with Gasteiger partial charge in [0.1, 0.15) is 18.2 Å². The monoisotopic (exact) mass is 315 g/mol. The Bertz CT molecular complexity index is 852. The summed E-state index contributed by atoms with van der Waals surface area (Å²) < 4.78 is 10.5. The van der Waals surface area contributed by atoms with Gasteiger partial charge in [-0.2, -0.15) is 0 Å². The van der Waals surface area contributed by atoms with Crippen molar-refractivity contribution in [1.82, 2.24) is 5.32 Å². The van der Waals surface area contributed by atoms with Crippen molar-refractivity contribution in [2.45, 2.75) is 39.3 Å². The highest BCUT2D eigenvalue weighted by Gasteiger charge is 2.28. The predicted octanol–water partition coefficient (Wildman–Crippen LogP) is 1.73. The summed E-state index contributed by atoms with van der Waals surface area (Å²) in [5.41, 5.74) is 2.66. The fraction of sp³-hybridized carbons (Fsp3) is 0.353. The van der Waals surface area contributed by atoms with Crippen molar-refractivity contribution in [3.63, 3.8) is 0 Å². The van der Waals surface area contributed by atoms with Crippen LogP contribution in [0.1, 0.15) is 29.5 Å². The summed E-state index contributed by atoms with van der Waals surface area (Å²) in [6.07, 6.45) is 0.768. The zero-order valence-corrected chi connectivity index (χ0v) is 13.0. The fourth-order valence-electron chi connectivity index (χ4n) is 2.64. The number of hydrogen-bond donors (Lipinski definition) is 1. The summed E-state index contributed by atoms with van der Waals surface area (Å²) in [6.45, 7) is 3.86. The molecule has 6 nitrogen and oxygen atoms in total. The van der Waals surface area contributed by atoms with E-state index in [4.69, 9.17) is 9.15 Å². The van der Waals surface area contributed by atoms with E-state index >= 15 is 0 Å². The molecule has 0 spiro atoms. The SMILES string of the molecule is Cc1cc2oc(=O)cc(COC(=O)[C@@H]3CCC(=O)N3)c2cc1C. The fourth-order valence-corrected chi connectivity index (χ4v) is 2.64. The molecule has 23 heavy (non-hydrogen) atoms. The van der Waals surface area contributed by atoms with Crippen molar-refractivity contribution in [2.24, 2.45) is 0 Å². The summed E-state index contributed by atoms with van der Waals surface area (Å²) >= 11 is 0. The molecule has 0 saturated carbocycles. The Morgan fingerprint density at radius 3 is 2.70 bits per heavy atom. The topological polar surface area (TPSA) is 85.6 Å². The Hall–Kier alpha value is -2.63. The van der Waals surface area contributed by atoms with Gasteiger partial charge in [-0.05, 0) is 43.5 Å². The summed E-state index contributed by atoms with van der Waals surface area (Å²) in [5, 5.41) is 3.31. The van der Waals surface area contributed by atoms with Crippen LogP contribution in [0.3, 0.4) is 0 Å². The number of rotatable bonds is 3. The van der Waals surface area contributed by atoms with E-state index in [9.17, 15) is 14.4 Å². The van der Waals surface area contributed by atoms with Crippen molar-refractivity contribution in [1.29, 1.82) is 0 Å². The van der Waals surface area contributed by atoms with Gasteiger partial charge in [0.15, 0.2) is 0 Å². The lowest BCUT2D eigenvalue weighted by atomic mass is 10.0. The van der Waals surface area contributed by atoms with Gasteiger partial charge in [0, 0.05) is 23.4 Å². The van der Waals surface area contributed by atoms with Crippen LogP contribution in [0.5, 0.6) is 0 Å². The summed E-state index contributed by atoms with van der Waals surface area (Å²) in [5.74, 6) is -0.634. The average Bonchev–Trinajstić information content (AvgIpc) is 2.93. The highest BCUT2D eigenvalue weighted by molar-refractivity contribution is 5.88. The number of fused-ring (bicyclic) bond motifs is 1. The van der Waals surface area contributed by atoms with E-state index in [0.29, 0.717) is 24.0 Å². The second kappa shape index (κ2) is 5.87. The molecule has 1 fully saturated rings. The van der Waals surface area contributed by atoms with E-state index in [0.717, 1.165) is 16.5 Å². The van der Waals surface area contributed by atoms with Crippen LogP contribution >= 0.6 is 0 Å². The zero-order chi connectivity index (χ0) is 16.6. The van der Waals surface area contributed by atoms with Gasteiger partial charge < -0.3 is 14.5 Å². The molecule has 3 rings (SSSR count). The van der Waals surface area contributed by atoms with Gasteiger partial charge in [0.25, 0.3) is 0 Å². The molecule has 0 bridgehead atoms. The maximum absolute atomic E-state index is 12.0. The Morgan fingerprint density at radius 2 is 2.00 bits per heavy atom. The van der Waals surface area contributed by atoms with Gasteiger partial charge in [-0.15, -0.1) is 0 Å². The molecule has 0 radical (unpaired) electrons. The van der Waals surface area contributed by atoms with Crippen LogP contribution in [0.4, 0.5) is 0 Å². The third kappa shape index (κ3) is 3.11. The summed E-state index contributed by atoms with van der Waals surface area (Å²) in [4.78, 5) is 34.8. The lowest BCUT2D eigenvalue weighted by Gasteiger charge is -2.12. The molecule has 1 aromatic heterocycles. The largest absolute Gasteiger partial charge is 0.459 e. The van der Waals surface area contributed by atoms with Crippen LogP contribution in [-0.4, -0.2) is 17.9 Å². The molecule has 2 heterocycles. The minimum absolute atomic E-state index is 0.0319. The molecule has 1 amide bonds. The minimum Gasteiger partial charge on any atom is -0.459 e. The molecule has 1 aliphatic heterocycles. The average molecular weight is 315 g/mol. The third-order valence-corrected chi connectivity index (χ3v) is 4.09. The van der Waals surface area contributed by atoms with Crippen molar-refractivity contribution < 1.29 is 18.7 Å². The highest BCUT2D eigenvalue weighted by atomic mass is 16.5. The minimum atomic E-state index is -0.599. The number of carbonyl (C=O) groups excluding carboxylic acids is 2. The van der Waals surface area contributed by atoms with Crippen LogP contribution < -0.4 is 10.9 Å². The first-order chi connectivity index (χ1) is 10.9. The molecule has 1 atom stereocenters. The molecule has 2 aromatic rings. The summed E-state index contributed by atoms with van der Waals surface area (Å²) in [7, 11) is 0. The molecule has 0 aliphatic carbocycles. The third-order valence-electron chi connectivity index (χ3n) is 4.09. The van der Waals surface area contributed by atoms with Gasteiger partial charge >= 0.3 is 11.6 Å². The Labute approximate surface area is 132 Å². The van der Waals surface area contributed by atoms with E-state index < -0.39 is 17.6 Å². The van der Waals surface area contributed by atoms with Gasteiger partial charge in [-0.3, -0.25) is 4.79 Å². The number of benzene rings is 1. The number of ether oxygens (including phenoxy) is 1. The Morgan fingerprint density at radius 1 is 1.26 bits per heavy atom. The van der Waals surface area contributed by atoms with Crippen LogP contribution in [0.15, 0.2) is 27.4 Å². The molecular weight excluding hydrogens is 298 g/mol. The Kier molecular flexibility index (Phi) is 3.90. The quantitative estimate of drug-likeness (QED) is 0.688. The van der Waals surface area contributed by atoms with E-state index in [1.165, 1.54) is 6.07 Å². The molecule has 1 aromatic carbocycles. The van der Waals surface area contributed by atoms with Crippen LogP contribution in [0, 0.1) is 13.8 Å². The van der Waals surface area contributed by atoms with Gasteiger partial charge in [-0.1, -0.05) is 0 Å². The molecule has 0 unspecified atom stereocenters. The zero-order valence-electron chi connectivity index (χ0n) is 13.0. The van der Waals surface area contributed by atoms with E-state index in [-0.39, 0.29) is 12.5 Å². The molecule has 1 saturated heterocycles. The van der Waals surface area contributed by atoms with Gasteiger partial charge in [0.05, 0.1) is 0 Å². The molecule has 6 heteroatoms. The first kappa shape index (κ1) is 15.3. The first-order valence-electron chi connectivity index (χ1n) is 7.44. The number of esters is 1. The molecule has 1 aliphatic rings. The van der Waals surface area contributed by atoms with Crippen LogP contribution in [0.25, 0.3) is 11.0 Å². The maximum Gasteiger partial charge on any atom is 0.336 e. The van der Waals surface area contributed by atoms with Crippen LogP contribution in [-0.2, 0) is 20.9 Å². The number of amides is 1. The van der Waals surface area contributed by atoms with Gasteiger partial charge in [0.2, 0.25) is 5.91 Å². The smallest absolute Gasteiger partial charge is 0.336 e. The number of nitrogens with one attached hydrogen (secondary N) is 1. The van der Waals surface area contributed by atoms with Crippen molar-refractivity contribution in [3.8, 4) is 0 Å². The van der Waals surface area contributed by atoms with E-state index in [1.807, 2.05) is 19.9 Å². The first-order valence-corrected chi connectivity index (χ1v) is 7.44. The van der Waals surface area contributed by atoms with E-state index in [1.54, 1.807) is 6.07 Å². The van der Waals surface area contributed by atoms with E-state index in [2.05, 4.69) is 5.32 Å². The standard InChI is InChI=1S/C17H17NO5/c1-9-5-12-11(7-16(20)23-14(12)6-10(9)2)8-22-17(21)13-3-4-15(19)18-13/h5-7,13H,3-4,8H2,1-2H3,(H,18,19)/t13-/m0/s1. The highest BCUT2D eigenvalue weighted by Crippen LogP contribution is 2.22. The Balaban J connectivity index is 1.85. The second-order valence-electron chi connectivity index (χ2n) is 5.79. The number of aryl methyl sites for hydroxylation is 2. The normalized spacial score (nSPS) is 17.3. The molecular formula is C17H17NO5. The second-order valence-corrected chi connectivity index (χ2v) is 5.79. The molecule has 1 N–H and O–H groups in total. The summed E-state index contributed by atoms with van der Waals surface area (Å²) in [6, 6.07) is 4.44. The van der Waals surface area contributed by atoms with Crippen molar-refractivity contribution in [2.75, 3.05) is 0 Å². The van der Waals surface area contributed by atoms with Crippen LogP contribution in [0.2, 0.25) is 0 Å².